The summed E-state index contributed by atoms with van der Waals surface area (Å²) in [5, 5.41) is 2.24. The number of benzene rings is 1. The Morgan fingerprint density at radius 1 is 1.35 bits per heavy atom. The smallest absolute Gasteiger partial charge is 0.241 e. The average Bonchev–Trinajstić information content (AvgIpc) is 2.77. The Hall–Kier alpha value is -1.08. The van der Waals surface area contributed by atoms with Gasteiger partial charge in [0.25, 0.3) is 0 Å². The van der Waals surface area contributed by atoms with Gasteiger partial charge in [-0.15, -0.1) is 11.3 Å². The summed E-state index contributed by atoms with van der Waals surface area (Å²) in [5.74, 6) is 0. The van der Waals surface area contributed by atoms with Crippen LogP contribution in [0.1, 0.15) is 16.0 Å². The quantitative estimate of drug-likeness (QED) is 0.846. The molecule has 1 heterocycles. The van der Waals surface area contributed by atoms with Gasteiger partial charge in [-0.2, -0.15) is 0 Å². The number of hydrogen-bond acceptors (Lipinski definition) is 4. The number of anilines is 1. The molecule has 0 aliphatic heterocycles. The second kappa shape index (κ2) is 5.73. The number of rotatable bonds is 4. The zero-order valence-corrected chi connectivity index (χ0v) is 13.5. The molecule has 0 fully saturated rings. The van der Waals surface area contributed by atoms with Gasteiger partial charge in [-0.3, -0.25) is 0 Å². The van der Waals surface area contributed by atoms with Gasteiger partial charge in [0.2, 0.25) is 10.0 Å². The van der Waals surface area contributed by atoms with Crippen molar-refractivity contribution in [3.63, 3.8) is 0 Å². The first kappa shape index (κ1) is 15.3. The van der Waals surface area contributed by atoms with Crippen molar-refractivity contribution >= 4 is 38.6 Å². The van der Waals surface area contributed by atoms with Gasteiger partial charge < -0.3 is 5.73 Å². The Bertz CT molecular complexity index is 739. The predicted octanol–water partition coefficient (Wildman–Crippen LogP) is 3.08. The summed E-state index contributed by atoms with van der Waals surface area (Å²) in [5.41, 5.74) is 7.70. The summed E-state index contributed by atoms with van der Waals surface area (Å²) < 4.78 is 27.3. The Balaban J connectivity index is 2.29. The van der Waals surface area contributed by atoms with Crippen LogP contribution in [0.3, 0.4) is 0 Å². The van der Waals surface area contributed by atoms with Crippen molar-refractivity contribution in [1.29, 1.82) is 0 Å². The summed E-state index contributed by atoms with van der Waals surface area (Å²) in [4.78, 5) is 1.11. The van der Waals surface area contributed by atoms with Gasteiger partial charge in [0.1, 0.15) is 0 Å². The third-order valence-corrected chi connectivity index (χ3v) is 5.81. The molecule has 2 aromatic rings. The van der Waals surface area contributed by atoms with Crippen LogP contribution in [0.2, 0.25) is 5.02 Å². The summed E-state index contributed by atoms with van der Waals surface area (Å²) >= 11 is 7.40. The molecule has 1 aromatic carbocycles. The molecule has 0 bridgehead atoms. The normalized spacial score (nSPS) is 11.8. The van der Waals surface area contributed by atoms with E-state index in [1.54, 1.807) is 13.0 Å². The van der Waals surface area contributed by atoms with Crippen LogP contribution in [0.15, 0.2) is 28.5 Å². The molecule has 20 heavy (non-hydrogen) atoms. The van der Waals surface area contributed by atoms with Crippen molar-refractivity contribution in [2.75, 3.05) is 5.73 Å². The first-order chi connectivity index (χ1) is 9.31. The van der Waals surface area contributed by atoms with E-state index in [4.69, 9.17) is 17.3 Å². The van der Waals surface area contributed by atoms with Crippen LogP contribution >= 0.6 is 22.9 Å². The number of aryl methyl sites for hydroxylation is 1. The fourth-order valence-corrected chi connectivity index (χ4v) is 4.30. The Labute approximate surface area is 127 Å². The first-order valence-electron chi connectivity index (χ1n) is 5.89. The lowest BCUT2D eigenvalue weighted by molar-refractivity contribution is 0.581. The molecule has 108 valence electrons. The maximum absolute atomic E-state index is 12.3. The van der Waals surface area contributed by atoms with Crippen LogP contribution < -0.4 is 10.5 Å². The highest BCUT2D eigenvalue weighted by atomic mass is 35.5. The maximum Gasteiger partial charge on any atom is 0.241 e. The van der Waals surface area contributed by atoms with Crippen molar-refractivity contribution in [3.8, 4) is 0 Å². The zero-order chi connectivity index (χ0) is 14.9. The number of halogens is 1. The van der Waals surface area contributed by atoms with E-state index in [9.17, 15) is 8.42 Å². The predicted molar refractivity (Wildman–Crippen MR) is 83.7 cm³/mol. The topological polar surface area (TPSA) is 72.2 Å². The number of sulfonamides is 1. The first-order valence-corrected chi connectivity index (χ1v) is 8.63. The van der Waals surface area contributed by atoms with Crippen molar-refractivity contribution in [2.45, 2.75) is 25.3 Å². The van der Waals surface area contributed by atoms with Gasteiger partial charge in [0.05, 0.1) is 4.90 Å². The van der Waals surface area contributed by atoms with Crippen LogP contribution in [0.5, 0.6) is 0 Å². The third kappa shape index (κ3) is 3.15. The van der Waals surface area contributed by atoms with E-state index in [0.717, 1.165) is 10.4 Å². The Morgan fingerprint density at radius 3 is 2.65 bits per heavy atom. The summed E-state index contributed by atoms with van der Waals surface area (Å²) in [7, 11) is -3.64. The SMILES string of the molecule is Cc1ccsc1CNS(=O)(=O)c1cc(Cl)cc(N)c1C. The lowest BCUT2D eigenvalue weighted by Crippen LogP contribution is -2.24. The molecular formula is C13H15ClN2O2S2. The lowest BCUT2D eigenvalue weighted by atomic mass is 10.2. The Morgan fingerprint density at radius 2 is 2.05 bits per heavy atom. The van der Waals surface area contributed by atoms with Crippen molar-refractivity contribution < 1.29 is 8.42 Å². The minimum absolute atomic E-state index is 0.122. The second-order valence-electron chi connectivity index (χ2n) is 4.47. The highest BCUT2D eigenvalue weighted by Crippen LogP contribution is 2.26. The largest absolute Gasteiger partial charge is 0.398 e. The highest BCUT2D eigenvalue weighted by Gasteiger charge is 2.19. The molecule has 1 aromatic heterocycles. The van der Waals surface area contributed by atoms with E-state index in [1.807, 2.05) is 18.4 Å². The molecule has 0 aliphatic rings. The van der Waals surface area contributed by atoms with E-state index in [0.29, 0.717) is 16.3 Å². The van der Waals surface area contributed by atoms with E-state index < -0.39 is 10.0 Å². The van der Waals surface area contributed by atoms with Crippen LogP contribution in [-0.4, -0.2) is 8.42 Å². The summed E-state index contributed by atoms with van der Waals surface area (Å²) in [6.07, 6.45) is 0. The fraction of sp³-hybridized carbons (Fsp3) is 0.231. The molecule has 0 saturated heterocycles. The molecule has 3 N–H and O–H groups in total. The van der Waals surface area contributed by atoms with Crippen LogP contribution in [0, 0.1) is 13.8 Å². The molecule has 0 amide bonds. The molecule has 0 atom stereocenters. The zero-order valence-electron chi connectivity index (χ0n) is 11.1. The molecule has 4 nitrogen and oxygen atoms in total. The van der Waals surface area contributed by atoms with E-state index in [2.05, 4.69) is 4.72 Å². The fourth-order valence-electron chi connectivity index (χ4n) is 1.78. The van der Waals surface area contributed by atoms with E-state index >= 15 is 0 Å². The number of hydrogen-bond donors (Lipinski definition) is 2. The van der Waals surface area contributed by atoms with Gasteiger partial charge in [0.15, 0.2) is 0 Å². The molecule has 0 spiro atoms. The highest BCUT2D eigenvalue weighted by molar-refractivity contribution is 7.89. The number of nitrogens with two attached hydrogens (primary N) is 1. The van der Waals surface area contributed by atoms with Gasteiger partial charge in [-0.1, -0.05) is 11.6 Å². The minimum Gasteiger partial charge on any atom is -0.398 e. The van der Waals surface area contributed by atoms with Crippen LogP contribution in [0.25, 0.3) is 0 Å². The molecule has 0 unspecified atom stereocenters. The molecule has 0 aliphatic carbocycles. The number of nitrogens with one attached hydrogen (secondary N) is 1. The van der Waals surface area contributed by atoms with Crippen LogP contribution in [-0.2, 0) is 16.6 Å². The lowest BCUT2D eigenvalue weighted by Gasteiger charge is -2.11. The molecule has 0 saturated carbocycles. The van der Waals surface area contributed by atoms with Gasteiger partial charge in [-0.05, 0) is 48.6 Å². The van der Waals surface area contributed by atoms with Crippen LogP contribution in [0.4, 0.5) is 5.69 Å². The average molecular weight is 331 g/mol. The molecule has 7 heteroatoms. The van der Waals surface area contributed by atoms with Gasteiger partial charge in [0, 0.05) is 22.1 Å². The standard InChI is InChI=1S/C13H15ClN2O2S2/c1-8-3-4-19-12(8)7-16-20(17,18)13-6-10(14)5-11(15)9(13)2/h3-6,16H,7,15H2,1-2H3. The van der Waals surface area contributed by atoms with Crippen molar-refractivity contribution in [2.24, 2.45) is 0 Å². The monoisotopic (exact) mass is 330 g/mol. The van der Waals surface area contributed by atoms with Crippen molar-refractivity contribution in [3.05, 3.63) is 44.6 Å². The third-order valence-electron chi connectivity index (χ3n) is 3.05. The molecular weight excluding hydrogens is 316 g/mol. The molecule has 2 rings (SSSR count). The maximum atomic E-state index is 12.3. The second-order valence-corrected chi connectivity index (χ2v) is 7.64. The van der Waals surface area contributed by atoms with E-state index in [-0.39, 0.29) is 11.4 Å². The number of thiophene rings is 1. The van der Waals surface area contributed by atoms with Crippen molar-refractivity contribution in [1.82, 2.24) is 4.72 Å². The Kier molecular flexibility index (Phi) is 4.39. The number of nitrogen functional groups attached to an aromatic ring is 1. The summed E-state index contributed by atoms with van der Waals surface area (Å²) in [6.45, 7) is 3.87. The minimum atomic E-state index is -3.64. The summed E-state index contributed by atoms with van der Waals surface area (Å²) in [6, 6.07) is 4.91. The van der Waals surface area contributed by atoms with Gasteiger partial charge >= 0.3 is 0 Å². The van der Waals surface area contributed by atoms with E-state index in [1.165, 1.54) is 17.4 Å². The molecule has 0 radical (unpaired) electrons. The van der Waals surface area contributed by atoms with Gasteiger partial charge in [-0.25, -0.2) is 13.1 Å².